The number of rotatable bonds is 6. The van der Waals surface area contributed by atoms with Gasteiger partial charge in [-0.1, -0.05) is 25.9 Å². The Bertz CT molecular complexity index is 1250. The third-order valence-electron chi connectivity index (χ3n) is 6.47. The lowest BCUT2D eigenvalue weighted by molar-refractivity contribution is -0.137. The van der Waals surface area contributed by atoms with Crippen molar-refractivity contribution >= 4 is 11.6 Å². The zero-order valence-electron chi connectivity index (χ0n) is 21.8. The molecule has 1 fully saturated rings. The third kappa shape index (κ3) is 6.26. The molecule has 202 valence electrons. The van der Waals surface area contributed by atoms with Crippen LogP contribution in [0.2, 0.25) is 0 Å². The fourth-order valence-corrected chi connectivity index (χ4v) is 4.56. The van der Waals surface area contributed by atoms with Crippen molar-refractivity contribution in [1.29, 1.82) is 0 Å². The number of benzene rings is 1. The average molecular weight is 523 g/mol. The molecular formula is C26H33F3N4O4. The molecule has 2 atom stereocenters. The van der Waals surface area contributed by atoms with Crippen molar-refractivity contribution in [3.05, 3.63) is 46.6 Å². The third-order valence-corrected chi connectivity index (χ3v) is 6.47. The maximum atomic E-state index is 13.5. The Labute approximate surface area is 213 Å². The Kier molecular flexibility index (Phi) is 7.55. The van der Waals surface area contributed by atoms with Gasteiger partial charge >= 0.3 is 6.18 Å². The second kappa shape index (κ2) is 10.4. The number of hydrogen-bond donors (Lipinski definition) is 0. The molecule has 1 amide bonds. The van der Waals surface area contributed by atoms with Gasteiger partial charge in [0.05, 0.1) is 29.5 Å². The predicted molar refractivity (Wildman–Crippen MR) is 131 cm³/mol. The first kappa shape index (κ1) is 27.0. The standard InChI is InChI=1S/C26H33F3N4O4/c1-16-11-19(37-31-16)14-33-23(13-22(32(33)5)25(2,3)4)30-24(34)20-12-17(26(27,28)29)8-9-21(20)36-15-18-7-6-10-35-18/h8-9,12-13,18-19H,6-7,10-11,14-15H2,1-5H3/t18-,19?/m0/s1. The smallest absolute Gasteiger partial charge is 0.416 e. The van der Waals surface area contributed by atoms with Gasteiger partial charge in [0.25, 0.3) is 5.91 Å². The zero-order chi connectivity index (χ0) is 27.0. The monoisotopic (exact) mass is 522 g/mol. The second-order valence-corrected chi connectivity index (χ2v) is 10.6. The maximum Gasteiger partial charge on any atom is 0.416 e. The van der Waals surface area contributed by atoms with Crippen molar-refractivity contribution in [3.8, 4) is 5.75 Å². The van der Waals surface area contributed by atoms with Crippen molar-refractivity contribution in [2.45, 2.75) is 77.3 Å². The molecule has 0 aliphatic carbocycles. The van der Waals surface area contributed by atoms with Crippen LogP contribution < -0.4 is 10.2 Å². The van der Waals surface area contributed by atoms with Crippen LogP contribution in [0.1, 0.15) is 68.6 Å². The molecule has 3 heterocycles. The van der Waals surface area contributed by atoms with E-state index in [0.717, 1.165) is 36.4 Å². The number of halogens is 3. The van der Waals surface area contributed by atoms with E-state index in [4.69, 9.17) is 14.3 Å². The predicted octanol–water partition coefficient (Wildman–Crippen LogP) is 4.61. The normalized spacial score (nSPS) is 20.8. The Hall–Kier alpha value is -3.08. The second-order valence-electron chi connectivity index (χ2n) is 10.6. The van der Waals surface area contributed by atoms with Gasteiger partial charge in [-0.2, -0.15) is 18.2 Å². The molecule has 0 bridgehead atoms. The highest BCUT2D eigenvalue weighted by Crippen LogP contribution is 2.33. The highest BCUT2D eigenvalue weighted by molar-refractivity contribution is 5.97. The lowest BCUT2D eigenvalue weighted by Crippen LogP contribution is -2.30. The summed E-state index contributed by atoms with van der Waals surface area (Å²) in [5.41, 5.74) is 0.599. The lowest BCUT2D eigenvalue weighted by Gasteiger charge is -2.21. The van der Waals surface area contributed by atoms with Gasteiger partial charge in [0.15, 0.2) is 11.6 Å². The summed E-state index contributed by atoms with van der Waals surface area (Å²) in [5, 5.41) is 4.00. The van der Waals surface area contributed by atoms with Crippen molar-refractivity contribution in [2.75, 3.05) is 13.2 Å². The first-order chi connectivity index (χ1) is 17.3. The van der Waals surface area contributed by atoms with Gasteiger partial charge in [-0.15, -0.1) is 0 Å². The van der Waals surface area contributed by atoms with E-state index in [1.165, 1.54) is 6.07 Å². The molecule has 2 aliphatic heterocycles. The number of aromatic nitrogens is 2. The van der Waals surface area contributed by atoms with Gasteiger partial charge in [-0.25, -0.2) is 0 Å². The topological polar surface area (TPSA) is 79.3 Å². The molecule has 1 unspecified atom stereocenters. The molecule has 8 nitrogen and oxygen atoms in total. The fraction of sp³-hybridized carbons (Fsp3) is 0.577. The van der Waals surface area contributed by atoms with E-state index in [2.05, 4.69) is 10.1 Å². The number of hydrogen-bond acceptors (Lipinski definition) is 5. The Morgan fingerprint density at radius 2 is 1.97 bits per heavy atom. The summed E-state index contributed by atoms with van der Waals surface area (Å²) >= 11 is 0. The summed E-state index contributed by atoms with van der Waals surface area (Å²) in [6.07, 6.45) is -2.71. The highest BCUT2D eigenvalue weighted by atomic mass is 19.4. The van der Waals surface area contributed by atoms with Crippen LogP contribution in [0.25, 0.3) is 0 Å². The van der Waals surface area contributed by atoms with E-state index in [9.17, 15) is 18.0 Å². The Morgan fingerprint density at radius 3 is 2.57 bits per heavy atom. The highest BCUT2D eigenvalue weighted by Gasteiger charge is 2.32. The summed E-state index contributed by atoms with van der Waals surface area (Å²) in [6, 6.07) is 4.65. The lowest BCUT2D eigenvalue weighted by atomic mass is 9.92. The fourth-order valence-electron chi connectivity index (χ4n) is 4.56. The van der Waals surface area contributed by atoms with Crippen molar-refractivity contribution in [3.63, 3.8) is 0 Å². The van der Waals surface area contributed by atoms with Gasteiger partial charge in [0.1, 0.15) is 12.4 Å². The van der Waals surface area contributed by atoms with Crippen LogP contribution in [0, 0.1) is 0 Å². The molecule has 1 aromatic carbocycles. The van der Waals surface area contributed by atoms with Crippen molar-refractivity contribution in [2.24, 2.45) is 17.2 Å². The first-order valence-electron chi connectivity index (χ1n) is 12.3. The van der Waals surface area contributed by atoms with Crippen LogP contribution in [0.15, 0.2) is 34.4 Å². The molecule has 1 saturated heterocycles. The number of carbonyl (C=O) groups is 1. The number of amides is 1. The van der Waals surface area contributed by atoms with E-state index in [1.54, 1.807) is 10.7 Å². The molecule has 1 aromatic heterocycles. The van der Waals surface area contributed by atoms with E-state index < -0.39 is 17.6 Å². The van der Waals surface area contributed by atoms with Crippen molar-refractivity contribution in [1.82, 2.24) is 9.36 Å². The van der Waals surface area contributed by atoms with Crippen LogP contribution in [-0.2, 0) is 34.8 Å². The van der Waals surface area contributed by atoms with Gasteiger partial charge in [-0.3, -0.25) is 14.2 Å². The van der Waals surface area contributed by atoms with E-state index in [-0.39, 0.29) is 35.5 Å². The molecule has 11 heteroatoms. The molecule has 4 rings (SSSR count). The Morgan fingerprint density at radius 1 is 1.22 bits per heavy atom. The van der Waals surface area contributed by atoms with Crippen LogP contribution in [0.3, 0.4) is 0 Å². The summed E-state index contributed by atoms with van der Waals surface area (Å²) in [7, 11) is 1.85. The number of oxime groups is 1. The van der Waals surface area contributed by atoms with E-state index in [1.807, 2.05) is 39.4 Å². The number of alkyl halides is 3. The molecule has 0 N–H and O–H groups in total. The van der Waals surface area contributed by atoms with Crippen LogP contribution in [0.4, 0.5) is 13.2 Å². The largest absolute Gasteiger partial charge is 0.490 e. The van der Waals surface area contributed by atoms with Crippen LogP contribution in [0.5, 0.6) is 5.75 Å². The average Bonchev–Trinajstić information content (AvgIpc) is 3.54. The minimum Gasteiger partial charge on any atom is -0.490 e. The summed E-state index contributed by atoms with van der Waals surface area (Å²) in [5.74, 6) is -0.785. The molecule has 37 heavy (non-hydrogen) atoms. The minimum absolute atomic E-state index is 0.0407. The Balaban J connectivity index is 1.73. The molecule has 0 spiro atoms. The van der Waals surface area contributed by atoms with Gasteiger partial charge in [-0.05, 0) is 38.0 Å². The van der Waals surface area contributed by atoms with E-state index >= 15 is 0 Å². The van der Waals surface area contributed by atoms with Crippen molar-refractivity contribution < 1.29 is 32.3 Å². The zero-order valence-corrected chi connectivity index (χ0v) is 21.8. The summed E-state index contributed by atoms with van der Waals surface area (Å²) < 4.78 is 55.5. The number of carbonyl (C=O) groups excluding carboxylic acids is 1. The SMILES string of the molecule is CC1=NOC(Cn2c(=NC(=O)c3cc(C(F)(F)F)ccc3OC[C@@H]3CCCO3)cc(C(C)(C)C)n2C)C1. The van der Waals surface area contributed by atoms with Crippen LogP contribution in [-0.4, -0.2) is 46.4 Å². The molecule has 0 saturated carbocycles. The van der Waals surface area contributed by atoms with Gasteiger partial charge in [0.2, 0.25) is 0 Å². The maximum absolute atomic E-state index is 13.5. The summed E-state index contributed by atoms with van der Waals surface area (Å²) in [4.78, 5) is 23.2. The van der Waals surface area contributed by atoms with Crippen LogP contribution >= 0.6 is 0 Å². The van der Waals surface area contributed by atoms with Gasteiger partial charge in [0, 0.05) is 37.3 Å². The summed E-state index contributed by atoms with van der Waals surface area (Å²) in [6.45, 7) is 9.08. The molecular weight excluding hydrogens is 489 g/mol. The molecule has 0 radical (unpaired) electrons. The quantitative estimate of drug-likeness (QED) is 0.555. The molecule has 2 aromatic rings. The van der Waals surface area contributed by atoms with Gasteiger partial charge < -0.3 is 14.3 Å². The van der Waals surface area contributed by atoms with E-state index in [0.29, 0.717) is 25.1 Å². The number of nitrogens with zero attached hydrogens (tertiary/aromatic N) is 4. The minimum atomic E-state index is -4.62. The molecule has 2 aliphatic rings. The first-order valence-corrected chi connectivity index (χ1v) is 12.3. The number of ether oxygens (including phenoxy) is 2.